The molecule has 6 nitrogen and oxygen atoms in total. The van der Waals surface area contributed by atoms with Crippen LogP contribution in [0.4, 0.5) is 5.13 Å². The summed E-state index contributed by atoms with van der Waals surface area (Å²) in [6.45, 7) is 8.24. The molecule has 3 aromatic heterocycles. The zero-order valence-corrected chi connectivity index (χ0v) is 20.0. The highest BCUT2D eigenvalue weighted by atomic mass is 32.2. The molecule has 1 unspecified atom stereocenters. The van der Waals surface area contributed by atoms with E-state index in [2.05, 4.69) is 69.9 Å². The van der Waals surface area contributed by atoms with E-state index in [0.717, 1.165) is 37.7 Å². The average molecular weight is 462 g/mol. The van der Waals surface area contributed by atoms with E-state index in [4.69, 9.17) is 0 Å². The highest BCUT2D eigenvalue weighted by molar-refractivity contribution is 8.00. The van der Waals surface area contributed by atoms with E-state index >= 15 is 0 Å². The standard InChI is InChI=1S/C24H23N5OS2/c1-5-18(22(30)26-23-25-17-10-9-13(2)11-19(17)31-23)32-24-28-27-20-12-15(4)16-8-6-7-14(3)21(16)29(20)24/h6-12,18H,5H2,1-4H3,(H,25,26,30). The number of carbonyl (C=O) groups excluding carboxylic acids is 1. The first-order valence-corrected chi connectivity index (χ1v) is 12.2. The number of para-hydroxylation sites is 1. The van der Waals surface area contributed by atoms with Gasteiger partial charge in [0.1, 0.15) is 0 Å². The predicted molar refractivity (Wildman–Crippen MR) is 133 cm³/mol. The van der Waals surface area contributed by atoms with Crippen molar-refractivity contribution in [1.82, 2.24) is 19.6 Å². The maximum absolute atomic E-state index is 13.1. The Balaban J connectivity index is 1.47. The molecule has 32 heavy (non-hydrogen) atoms. The van der Waals surface area contributed by atoms with Gasteiger partial charge in [-0.05, 0) is 62.1 Å². The summed E-state index contributed by atoms with van der Waals surface area (Å²) in [7, 11) is 0. The van der Waals surface area contributed by atoms with Gasteiger partial charge in [-0.3, -0.25) is 9.20 Å². The lowest BCUT2D eigenvalue weighted by Crippen LogP contribution is -2.24. The van der Waals surface area contributed by atoms with Crippen LogP contribution in [0, 0.1) is 20.8 Å². The van der Waals surface area contributed by atoms with Crippen LogP contribution in [0.3, 0.4) is 0 Å². The van der Waals surface area contributed by atoms with Crippen LogP contribution in [-0.4, -0.2) is 30.7 Å². The van der Waals surface area contributed by atoms with E-state index in [9.17, 15) is 4.79 Å². The highest BCUT2D eigenvalue weighted by Gasteiger charge is 2.23. The van der Waals surface area contributed by atoms with Gasteiger partial charge in [0.25, 0.3) is 0 Å². The predicted octanol–water partition coefficient (Wildman–Crippen LogP) is 5.93. The Labute approximate surface area is 194 Å². The largest absolute Gasteiger partial charge is 0.301 e. The van der Waals surface area contributed by atoms with Gasteiger partial charge >= 0.3 is 0 Å². The Hall–Kier alpha value is -2.97. The zero-order valence-electron chi connectivity index (χ0n) is 18.3. The summed E-state index contributed by atoms with van der Waals surface area (Å²) in [5.74, 6) is -0.0711. The minimum absolute atomic E-state index is 0.0711. The summed E-state index contributed by atoms with van der Waals surface area (Å²) in [6, 6.07) is 14.4. The van der Waals surface area contributed by atoms with Crippen molar-refractivity contribution in [3.63, 3.8) is 0 Å². The third-order valence-corrected chi connectivity index (χ3v) is 7.82. The molecular weight excluding hydrogens is 438 g/mol. The van der Waals surface area contributed by atoms with Crippen molar-refractivity contribution in [2.24, 2.45) is 0 Å². The SMILES string of the molecule is CCC(Sc1nnc2cc(C)c3cccc(C)c3n12)C(=O)Nc1nc2ccc(C)cc2s1. The second kappa shape index (κ2) is 8.18. The first-order valence-electron chi connectivity index (χ1n) is 10.5. The number of nitrogens with one attached hydrogen (secondary N) is 1. The lowest BCUT2D eigenvalue weighted by atomic mass is 10.1. The highest BCUT2D eigenvalue weighted by Crippen LogP contribution is 2.32. The molecule has 5 aromatic rings. The van der Waals surface area contributed by atoms with Crippen molar-refractivity contribution in [2.45, 2.75) is 44.5 Å². The van der Waals surface area contributed by atoms with Gasteiger partial charge in [0.15, 0.2) is 15.9 Å². The number of anilines is 1. The Kier molecular flexibility index (Phi) is 5.35. The molecule has 1 amide bonds. The fourth-order valence-corrected chi connectivity index (χ4v) is 5.86. The van der Waals surface area contributed by atoms with Crippen LogP contribution >= 0.6 is 23.1 Å². The number of pyridine rings is 1. The summed E-state index contributed by atoms with van der Waals surface area (Å²) in [5, 5.41) is 14.0. The van der Waals surface area contributed by atoms with E-state index < -0.39 is 0 Å². The number of rotatable bonds is 5. The number of aryl methyl sites for hydroxylation is 3. The third kappa shape index (κ3) is 3.63. The number of thioether (sulfide) groups is 1. The molecule has 3 heterocycles. The van der Waals surface area contributed by atoms with Gasteiger partial charge in [-0.2, -0.15) is 0 Å². The van der Waals surface area contributed by atoms with E-state index in [1.807, 2.05) is 25.1 Å². The number of amides is 1. The van der Waals surface area contributed by atoms with Crippen molar-refractivity contribution in [2.75, 3.05) is 5.32 Å². The molecule has 162 valence electrons. The molecule has 0 bridgehead atoms. The summed E-state index contributed by atoms with van der Waals surface area (Å²) in [4.78, 5) is 17.7. The topological polar surface area (TPSA) is 72.2 Å². The quantitative estimate of drug-likeness (QED) is 0.329. The van der Waals surface area contributed by atoms with Crippen LogP contribution in [0.1, 0.15) is 30.0 Å². The molecule has 0 aliphatic carbocycles. The Morgan fingerprint density at radius 2 is 1.97 bits per heavy atom. The summed E-state index contributed by atoms with van der Waals surface area (Å²) >= 11 is 2.94. The van der Waals surface area contributed by atoms with Crippen molar-refractivity contribution in [3.05, 3.63) is 59.2 Å². The third-order valence-electron chi connectivity index (χ3n) is 5.58. The molecule has 0 radical (unpaired) electrons. The van der Waals surface area contributed by atoms with Gasteiger partial charge in [-0.25, -0.2) is 4.98 Å². The summed E-state index contributed by atoms with van der Waals surface area (Å²) in [5.41, 5.74) is 6.28. The van der Waals surface area contributed by atoms with Crippen LogP contribution in [0.25, 0.3) is 26.8 Å². The summed E-state index contributed by atoms with van der Waals surface area (Å²) < 4.78 is 3.14. The minimum Gasteiger partial charge on any atom is -0.301 e. The molecule has 0 aliphatic heterocycles. The normalized spacial score (nSPS) is 12.6. The first-order chi connectivity index (χ1) is 15.4. The average Bonchev–Trinajstić information content (AvgIpc) is 3.34. The number of nitrogens with zero attached hydrogens (tertiary/aromatic N) is 4. The van der Waals surface area contributed by atoms with Crippen LogP contribution < -0.4 is 5.32 Å². The maximum atomic E-state index is 13.1. The molecule has 8 heteroatoms. The molecule has 0 spiro atoms. The molecule has 0 saturated heterocycles. The number of carbonyl (C=O) groups is 1. The Bertz CT molecular complexity index is 1490. The van der Waals surface area contributed by atoms with E-state index in [1.165, 1.54) is 34.0 Å². The zero-order chi connectivity index (χ0) is 22.4. The second-order valence-corrected chi connectivity index (χ2v) is 10.2. The van der Waals surface area contributed by atoms with Gasteiger partial charge in [0.2, 0.25) is 5.91 Å². The van der Waals surface area contributed by atoms with Crippen molar-refractivity contribution >= 4 is 60.9 Å². The van der Waals surface area contributed by atoms with Gasteiger partial charge in [-0.15, -0.1) is 10.2 Å². The lowest BCUT2D eigenvalue weighted by molar-refractivity contribution is -0.115. The first kappa shape index (κ1) is 20.9. The number of benzene rings is 2. The van der Waals surface area contributed by atoms with Crippen molar-refractivity contribution in [3.8, 4) is 0 Å². The molecule has 1 N–H and O–H groups in total. The number of hydrogen-bond acceptors (Lipinski definition) is 6. The molecule has 5 rings (SSSR count). The molecule has 0 saturated carbocycles. The fraction of sp³-hybridized carbons (Fsp3) is 0.250. The van der Waals surface area contributed by atoms with Crippen molar-refractivity contribution < 1.29 is 4.79 Å². The molecule has 0 fully saturated rings. The molecule has 1 atom stereocenters. The van der Waals surface area contributed by atoms with E-state index in [0.29, 0.717) is 11.6 Å². The number of thiazole rings is 1. The van der Waals surface area contributed by atoms with Crippen LogP contribution in [0.2, 0.25) is 0 Å². The van der Waals surface area contributed by atoms with E-state index in [-0.39, 0.29) is 11.2 Å². The number of hydrogen-bond donors (Lipinski definition) is 1. The summed E-state index contributed by atoms with van der Waals surface area (Å²) in [6.07, 6.45) is 0.665. The second-order valence-electron chi connectivity index (χ2n) is 7.97. The molecule has 2 aromatic carbocycles. The fourth-order valence-electron chi connectivity index (χ4n) is 3.93. The van der Waals surface area contributed by atoms with Gasteiger partial charge in [0, 0.05) is 5.39 Å². The van der Waals surface area contributed by atoms with Gasteiger partial charge < -0.3 is 5.32 Å². The maximum Gasteiger partial charge on any atom is 0.239 e. The Morgan fingerprint density at radius 1 is 1.12 bits per heavy atom. The monoisotopic (exact) mass is 461 g/mol. The van der Waals surface area contributed by atoms with Gasteiger partial charge in [0.05, 0.1) is 21.0 Å². The minimum atomic E-state index is -0.309. The lowest BCUT2D eigenvalue weighted by Gasteiger charge is -2.14. The van der Waals surface area contributed by atoms with Crippen molar-refractivity contribution in [1.29, 1.82) is 0 Å². The van der Waals surface area contributed by atoms with Crippen LogP contribution in [-0.2, 0) is 4.79 Å². The Morgan fingerprint density at radius 3 is 2.78 bits per heavy atom. The van der Waals surface area contributed by atoms with Crippen LogP contribution in [0.5, 0.6) is 0 Å². The van der Waals surface area contributed by atoms with Gasteiger partial charge in [-0.1, -0.05) is 54.3 Å². The molecular formula is C24H23N5OS2. The number of aromatic nitrogens is 4. The van der Waals surface area contributed by atoms with E-state index in [1.54, 1.807) is 0 Å². The molecule has 0 aliphatic rings. The smallest absolute Gasteiger partial charge is 0.239 e. The van der Waals surface area contributed by atoms with Crippen LogP contribution in [0.15, 0.2) is 47.6 Å². The number of fused-ring (bicyclic) bond motifs is 4.